The number of rotatable bonds is 5. The van der Waals surface area contributed by atoms with Crippen LogP contribution in [0.15, 0.2) is 18.2 Å². The van der Waals surface area contributed by atoms with Crippen LogP contribution in [0.2, 0.25) is 0 Å². The Morgan fingerprint density at radius 2 is 2.09 bits per heavy atom. The van der Waals surface area contributed by atoms with Gasteiger partial charge in [-0.05, 0) is 24.5 Å². The van der Waals surface area contributed by atoms with E-state index in [9.17, 15) is 13.2 Å². The molecule has 2 rings (SSSR count). The monoisotopic (exact) mass is 341 g/mol. The number of hydrogen-bond donors (Lipinski definition) is 2. The molecule has 23 heavy (non-hydrogen) atoms. The summed E-state index contributed by atoms with van der Waals surface area (Å²) in [7, 11) is -1.82. The van der Waals surface area contributed by atoms with E-state index in [4.69, 9.17) is 10.5 Å². The molecule has 1 aromatic carbocycles. The topological polar surface area (TPSA) is 102 Å². The van der Waals surface area contributed by atoms with E-state index in [1.807, 2.05) is 13.8 Å². The maximum atomic E-state index is 12.0. The third-order valence-electron chi connectivity index (χ3n) is 3.84. The Labute approximate surface area is 136 Å². The van der Waals surface area contributed by atoms with Gasteiger partial charge in [-0.25, -0.2) is 8.42 Å². The first kappa shape index (κ1) is 17.6. The fourth-order valence-electron chi connectivity index (χ4n) is 2.40. The number of ether oxygens (including phenoxy) is 1. The summed E-state index contributed by atoms with van der Waals surface area (Å²) in [5.41, 5.74) is 6.81. The van der Waals surface area contributed by atoms with Gasteiger partial charge >= 0.3 is 0 Å². The van der Waals surface area contributed by atoms with Crippen LogP contribution in [-0.2, 0) is 14.8 Å². The van der Waals surface area contributed by atoms with Crippen LogP contribution in [0.1, 0.15) is 20.3 Å². The van der Waals surface area contributed by atoms with Crippen LogP contribution >= 0.6 is 0 Å². The van der Waals surface area contributed by atoms with Crippen molar-refractivity contribution in [1.82, 2.24) is 0 Å². The minimum atomic E-state index is -3.29. The predicted octanol–water partition coefficient (Wildman–Crippen LogP) is 1.16. The van der Waals surface area contributed by atoms with E-state index in [1.165, 1.54) is 11.4 Å². The zero-order valence-corrected chi connectivity index (χ0v) is 14.4. The van der Waals surface area contributed by atoms with E-state index in [1.54, 1.807) is 18.2 Å². The van der Waals surface area contributed by atoms with Gasteiger partial charge in [-0.15, -0.1) is 0 Å². The Balaban J connectivity index is 2.25. The van der Waals surface area contributed by atoms with Crippen molar-refractivity contribution in [2.45, 2.75) is 26.3 Å². The van der Waals surface area contributed by atoms with E-state index in [2.05, 4.69) is 5.32 Å². The van der Waals surface area contributed by atoms with Crippen molar-refractivity contribution in [2.75, 3.05) is 29.0 Å². The average Bonchev–Trinajstić information content (AvgIpc) is 2.85. The second kappa shape index (κ2) is 6.76. The minimum absolute atomic E-state index is 0.0194. The van der Waals surface area contributed by atoms with Gasteiger partial charge in [0.1, 0.15) is 5.75 Å². The quantitative estimate of drug-likeness (QED) is 0.837. The highest BCUT2D eigenvalue weighted by molar-refractivity contribution is 7.93. The fourth-order valence-corrected chi connectivity index (χ4v) is 3.97. The third-order valence-corrected chi connectivity index (χ3v) is 5.69. The highest BCUT2D eigenvalue weighted by Crippen LogP contribution is 2.35. The molecule has 0 aromatic heterocycles. The van der Waals surface area contributed by atoms with E-state index < -0.39 is 16.1 Å². The van der Waals surface area contributed by atoms with Crippen LogP contribution in [0.25, 0.3) is 0 Å². The second-order valence-electron chi connectivity index (χ2n) is 5.89. The first-order valence-corrected chi connectivity index (χ1v) is 9.12. The lowest BCUT2D eigenvalue weighted by atomic mass is 10.0. The van der Waals surface area contributed by atoms with Gasteiger partial charge in [-0.3, -0.25) is 9.10 Å². The summed E-state index contributed by atoms with van der Waals surface area (Å²) in [6.07, 6.45) is 0.590. The molecule has 0 radical (unpaired) electrons. The molecule has 1 aliphatic heterocycles. The molecule has 7 nitrogen and oxygen atoms in total. The largest absolute Gasteiger partial charge is 0.494 e. The molecule has 8 heteroatoms. The number of hydrogen-bond acceptors (Lipinski definition) is 5. The zero-order valence-electron chi connectivity index (χ0n) is 13.6. The molecule has 1 aromatic rings. The van der Waals surface area contributed by atoms with Crippen molar-refractivity contribution in [1.29, 1.82) is 0 Å². The SMILES string of the molecule is COc1cc(NC(=O)[C@@H](N)C(C)C)ccc1N1CCCS1(=O)=O. The zero-order chi connectivity index (χ0) is 17.2. The summed E-state index contributed by atoms with van der Waals surface area (Å²) >= 11 is 0. The molecule has 1 heterocycles. The van der Waals surface area contributed by atoms with Gasteiger partial charge in [0.25, 0.3) is 0 Å². The van der Waals surface area contributed by atoms with Crippen molar-refractivity contribution < 1.29 is 17.9 Å². The maximum absolute atomic E-state index is 12.0. The van der Waals surface area contributed by atoms with E-state index in [0.717, 1.165) is 0 Å². The maximum Gasteiger partial charge on any atom is 0.241 e. The third kappa shape index (κ3) is 3.76. The lowest BCUT2D eigenvalue weighted by Gasteiger charge is -2.21. The summed E-state index contributed by atoms with van der Waals surface area (Å²) in [5.74, 6) is 0.263. The number of carbonyl (C=O) groups is 1. The van der Waals surface area contributed by atoms with Crippen LogP contribution in [0.3, 0.4) is 0 Å². The van der Waals surface area contributed by atoms with Crippen molar-refractivity contribution in [2.24, 2.45) is 11.7 Å². The summed E-state index contributed by atoms with van der Waals surface area (Å²) in [6, 6.07) is 4.28. The molecule has 3 N–H and O–H groups in total. The van der Waals surface area contributed by atoms with Crippen LogP contribution in [0.4, 0.5) is 11.4 Å². The van der Waals surface area contributed by atoms with Gasteiger partial charge in [0.05, 0.1) is 24.6 Å². The normalized spacial score (nSPS) is 18.0. The first-order chi connectivity index (χ1) is 10.8. The molecular weight excluding hydrogens is 318 g/mol. The van der Waals surface area contributed by atoms with Crippen LogP contribution in [-0.4, -0.2) is 39.8 Å². The number of nitrogens with zero attached hydrogens (tertiary/aromatic N) is 1. The van der Waals surface area contributed by atoms with Crippen molar-refractivity contribution in [3.05, 3.63) is 18.2 Å². The van der Waals surface area contributed by atoms with E-state index in [-0.39, 0.29) is 17.6 Å². The van der Waals surface area contributed by atoms with Crippen molar-refractivity contribution in [3.8, 4) is 5.75 Å². The van der Waals surface area contributed by atoms with Gasteiger partial charge in [-0.1, -0.05) is 13.8 Å². The Kier molecular flexibility index (Phi) is 5.16. The number of anilines is 2. The van der Waals surface area contributed by atoms with E-state index in [0.29, 0.717) is 30.1 Å². The molecule has 0 spiro atoms. The van der Waals surface area contributed by atoms with Crippen molar-refractivity contribution in [3.63, 3.8) is 0 Å². The molecule has 1 aliphatic rings. The van der Waals surface area contributed by atoms with Gasteiger partial charge < -0.3 is 15.8 Å². The predicted molar refractivity (Wildman–Crippen MR) is 90.2 cm³/mol. The Hall–Kier alpha value is -1.80. The van der Waals surface area contributed by atoms with Crippen LogP contribution < -0.4 is 20.1 Å². The summed E-state index contributed by atoms with van der Waals surface area (Å²) < 4.78 is 30.7. The molecule has 0 saturated carbocycles. The number of sulfonamides is 1. The average molecular weight is 341 g/mol. The molecule has 1 saturated heterocycles. The number of amides is 1. The lowest BCUT2D eigenvalue weighted by Crippen LogP contribution is -2.39. The summed E-state index contributed by atoms with van der Waals surface area (Å²) in [6.45, 7) is 4.17. The molecule has 128 valence electrons. The molecule has 1 amide bonds. The number of nitrogens with two attached hydrogens (primary N) is 1. The Morgan fingerprint density at radius 1 is 1.39 bits per heavy atom. The molecule has 0 unspecified atom stereocenters. The van der Waals surface area contributed by atoms with Gasteiger partial charge in [0.2, 0.25) is 15.9 Å². The van der Waals surface area contributed by atoms with Crippen molar-refractivity contribution >= 4 is 27.3 Å². The highest BCUT2D eigenvalue weighted by atomic mass is 32.2. The molecule has 0 aliphatic carbocycles. The minimum Gasteiger partial charge on any atom is -0.494 e. The molecule has 1 fully saturated rings. The van der Waals surface area contributed by atoms with Crippen LogP contribution in [0.5, 0.6) is 5.75 Å². The number of benzene rings is 1. The first-order valence-electron chi connectivity index (χ1n) is 7.51. The standard InChI is InChI=1S/C15H23N3O4S/c1-10(2)14(16)15(19)17-11-5-6-12(13(9-11)22-3)18-7-4-8-23(18,20)21/h5-6,9-10,14H,4,7-8,16H2,1-3H3,(H,17,19)/t14-/m0/s1. The summed E-state index contributed by atoms with van der Waals surface area (Å²) in [4.78, 5) is 12.0. The smallest absolute Gasteiger partial charge is 0.241 e. The van der Waals surface area contributed by atoms with Gasteiger partial charge in [0.15, 0.2) is 0 Å². The number of carbonyl (C=O) groups excluding carboxylic acids is 1. The second-order valence-corrected chi connectivity index (χ2v) is 7.90. The van der Waals surface area contributed by atoms with E-state index >= 15 is 0 Å². The highest BCUT2D eigenvalue weighted by Gasteiger charge is 2.30. The fraction of sp³-hybridized carbons (Fsp3) is 0.533. The lowest BCUT2D eigenvalue weighted by molar-refractivity contribution is -0.118. The van der Waals surface area contributed by atoms with Gasteiger partial charge in [0, 0.05) is 18.3 Å². The summed E-state index contributed by atoms with van der Waals surface area (Å²) in [5, 5.41) is 2.72. The van der Waals surface area contributed by atoms with Crippen LogP contribution in [0, 0.1) is 5.92 Å². The molecule has 1 atom stereocenters. The molecular formula is C15H23N3O4S. The van der Waals surface area contributed by atoms with Gasteiger partial charge in [-0.2, -0.15) is 0 Å². The molecule has 0 bridgehead atoms. The Morgan fingerprint density at radius 3 is 2.61 bits per heavy atom. The number of nitrogens with one attached hydrogen (secondary N) is 1. The Bertz CT molecular complexity index is 688. The number of methoxy groups -OCH3 is 1.